The van der Waals surface area contributed by atoms with Gasteiger partial charge >= 0.3 is 6.09 Å². The lowest BCUT2D eigenvalue weighted by molar-refractivity contribution is 0.111. The van der Waals surface area contributed by atoms with Crippen molar-refractivity contribution in [1.29, 1.82) is 0 Å². The van der Waals surface area contributed by atoms with Crippen molar-refractivity contribution in [2.45, 2.75) is 13.0 Å². The summed E-state index contributed by atoms with van der Waals surface area (Å²) in [5, 5.41) is 0. The van der Waals surface area contributed by atoms with E-state index in [2.05, 4.69) is 9.97 Å². The maximum Gasteiger partial charge on any atom is 0.416 e. The molecule has 1 amide bonds. The number of nitrogens with zero attached hydrogens (tertiary/aromatic N) is 3. The Morgan fingerprint density at radius 1 is 1.60 bits per heavy atom. The van der Waals surface area contributed by atoms with Crippen LogP contribution in [0.2, 0.25) is 0 Å². The molecule has 0 radical (unpaired) electrons. The Hall–Kier alpha value is -1.69. The maximum absolute atomic E-state index is 11.4. The van der Waals surface area contributed by atoms with Gasteiger partial charge in [0.05, 0.1) is 0 Å². The van der Waals surface area contributed by atoms with Gasteiger partial charge in [0.2, 0.25) is 5.88 Å². The van der Waals surface area contributed by atoms with Gasteiger partial charge in [0.1, 0.15) is 6.33 Å². The Bertz CT molecular complexity index is 376. The van der Waals surface area contributed by atoms with Gasteiger partial charge in [-0.25, -0.2) is 14.8 Å². The van der Waals surface area contributed by atoms with Crippen LogP contribution in [0, 0.1) is 6.92 Å². The van der Waals surface area contributed by atoms with Crippen molar-refractivity contribution in [2.24, 2.45) is 5.73 Å². The van der Waals surface area contributed by atoms with Gasteiger partial charge < -0.3 is 15.4 Å². The third-order valence-electron chi connectivity index (χ3n) is 2.14. The molecule has 0 bridgehead atoms. The Labute approximate surface area is 87.1 Å². The number of amides is 1. The minimum absolute atomic E-state index is 0.0738. The van der Waals surface area contributed by atoms with Crippen LogP contribution in [-0.4, -0.2) is 40.1 Å². The molecule has 2 heterocycles. The predicted molar refractivity (Wildman–Crippen MR) is 52.3 cm³/mol. The van der Waals surface area contributed by atoms with E-state index >= 15 is 0 Å². The SMILES string of the molecule is Cc1cc(OC(=O)N2CC(N)C2)ncn1. The fraction of sp³-hybridized carbons (Fsp3) is 0.444. The van der Waals surface area contributed by atoms with Crippen LogP contribution in [0.1, 0.15) is 5.69 Å². The first-order valence-corrected chi connectivity index (χ1v) is 4.66. The molecule has 1 aromatic heterocycles. The van der Waals surface area contributed by atoms with Crippen molar-refractivity contribution in [3.05, 3.63) is 18.1 Å². The van der Waals surface area contributed by atoms with Gasteiger partial charge in [-0.05, 0) is 6.92 Å². The van der Waals surface area contributed by atoms with Crippen molar-refractivity contribution in [3.63, 3.8) is 0 Å². The molecule has 6 nitrogen and oxygen atoms in total. The summed E-state index contributed by atoms with van der Waals surface area (Å²) in [7, 11) is 0. The Kier molecular flexibility index (Phi) is 2.51. The smallest absolute Gasteiger partial charge is 0.391 e. The number of ether oxygens (including phenoxy) is 1. The van der Waals surface area contributed by atoms with E-state index in [1.165, 1.54) is 11.2 Å². The zero-order chi connectivity index (χ0) is 10.8. The maximum atomic E-state index is 11.4. The van der Waals surface area contributed by atoms with Crippen molar-refractivity contribution in [1.82, 2.24) is 14.9 Å². The molecule has 2 rings (SSSR count). The predicted octanol–water partition coefficient (Wildman–Crippen LogP) is -0.0733. The minimum atomic E-state index is -0.408. The molecule has 0 aliphatic carbocycles. The van der Waals surface area contributed by atoms with Gasteiger partial charge in [-0.2, -0.15) is 0 Å². The normalized spacial score (nSPS) is 16.0. The number of hydrogen-bond acceptors (Lipinski definition) is 5. The lowest BCUT2D eigenvalue weighted by Crippen LogP contribution is -2.58. The highest BCUT2D eigenvalue weighted by atomic mass is 16.6. The van der Waals surface area contributed by atoms with Gasteiger partial charge in [-0.3, -0.25) is 0 Å². The molecular weight excluding hydrogens is 196 g/mol. The summed E-state index contributed by atoms with van der Waals surface area (Å²) >= 11 is 0. The average molecular weight is 208 g/mol. The largest absolute Gasteiger partial charge is 0.416 e. The number of carbonyl (C=O) groups excluding carboxylic acids is 1. The summed E-state index contributed by atoms with van der Waals surface area (Å²) in [6, 6.07) is 1.68. The molecule has 1 fully saturated rings. The summed E-state index contributed by atoms with van der Waals surface area (Å²) in [5.41, 5.74) is 6.31. The lowest BCUT2D eigenvalue weighted by atomic mass is 10.1. The first-order valence-electron chi connectivity index (χ1n) is 4.66. The third kappa shape index (κ3) is 2.21. The van der Waals surface area contributed by atoms with E-state index in [1.807, 2.05) is 0 Å². The second kappa shape index (κ2) is 3.82. The summed E-state index contributed by atoms with van der Waals surface area (Å²) in [4.78, 5) is 20.7. The van der Waals surface area contributed by atoms with Crippen LogP contribution in [0.5, 0.6) is 5.88 Å². The molecule has 2 N–H and O–H groups in total. The zero-order valence-electron chi connectivity index (χ0n) is 8.38. The van der Waals surface area contributed by atoms with E-state index in [4.69, 9.17) is 10.5 Å². The average Bonchev–Trinajstić information content (AvgIpc) is 2.13. The second-order valence-electron chi connectivity index (χ2n) is 3.53. The van der Waals surface area contributed by atoms with E-state index in [0.717, 1.165) is 5.69 Å². The van der Waals surface area contributed by atoms with Crippen LogP contribution in [-0.2, 0) is 0 Å². The number of aromatic nitrogens is 2. The van der Waals surface area contributed by atoms with Gasteiger partial charge in [-0.1, -0.05) is 0 Å². The molecule has 1 aliphatic rings. The molecule has 0 saturated carbocycles. The molecule has 6 heteroatoms. The lowest BCUT2D eigenvalue weighted by Gasteiger charge is -2.35. The molecule has 80 valence electrons. The Balaban J connectivity index is 1.94. The molecule has 0 aromatic carbocycles. The number of hydrogen-bond donors (Lipinski definition) is 1. The zero-order valence-corrected chi connectivity index (χ0v) is 8.38. The highest BCUT2D eigenvalue weighted by Crippen LogP contribution is 2.11. The fourth-order valence-electron chi connectivity index (χ4n) is 1.30. The molecule has 1 saturated heterocycles. The number of carbonyl (C=O) groups is 1. The van der Waals surface area contributed by atoms with Crippen molar-refractivity contribution in [2.75, 3.05) is 13.1 Å². The van der Waals surface area contributed by atoms with Gasteiger partial charge in [0.25, 0.3) is 0 Å². The van der Waals surface area contributed by atoms with E-state index in [-0.39, 0.29) is 11.9 Å². The monoisotopic (exact) mass is 208 g/mol. The highest BCUT2D eigenvalue weighted by Gasteiger charge is 2.29. The molecule has 1 aliphatic heterocycles. The summed E-state index contributed by atoms with van der Waals surface area (Å²) in [6.07, 6.45) is 0.953. The first-order chi connectivity index (χ1) is 7.15. The Morgan fingerprint density at radius 2 is 2.33 bits per heavy atom. The van der Waals surface area contributed by atoms with Crippen LogP contribution in [0.25, 0.3) is 0 Å². The number of aryl methyl sites for hydroxylation is 1. The molecule has 0 spiro atoms. The quantitative estimate of drug-likeness (QED) is 0.698. The fourth-order valence-corrected chi connectivity index (χ4v) is 1.30. The highest BCUT2D eigenvalue weighted by molar-refractivity contribution is 5.71. The third-order valence-corrected chi connectivity index (χ3v) is 2.14. The topological polar surface area (TPSA) is 81.3 Å². The Morgan fingerprint density at radius 3 is 2.93 bits per heavy atom. The molecule has 15 heavy (non-hydrogen) atoms. The number of likely N-dealkylation sites (tertiary alicyclic amines) is 1. The molecular formula is C9H12N4O2. The second-order valence-corrected chi connectivity index (χ2v) is 3.53. The summed E-state index contributed by atoms with van der Waals surface area (Å²) < 4.78 is 5.03. The van der Waals surface area contributed by atoms with E-state index in [1.54, 1.807) is 13.0 Å². The van der Waals surface area contributed by atoms with Crippen LogP contribution in [0.15, 0.2) is 12.4 Å². The van der Waals surface area contributed by atoms with Crippen molar-refractivity contribution < 1.29 is 9.53 Å². The van der Waals surface area contributed by atoms with Gasteiger partial charge in [-0.15, -0.1) is 0 Å². The molecule has 1 aromatic rings. The van der Waals surface area contributed by atoms with Crippen molar-refractivity contribution in [3.8, 4) is 5.88 Å². The number of nitrogens with two attached hydrogens (primary N) is 1. The summed E-state index contributed by atoms with van der Waals surface area (Å²) in [6.45, 7) is 2.89. The standard InChI is InChI=1S/C9H12N4O2/c1-6-2-8(12-5-11-6)15-9(14)13-3-7(10)4-13/h2,5,7H,3-4,10H2,1H3. The van der Waals surface area contributed by atoms with Gasteiger partial charge in [0, 0.05) is 30.9 Å². The van der Waals surface area contributed by atoms with E-state index < -0.39 is 6.09 Å². The number of rotatable bonds is 1. The van der Waals surface area contributed by atoms with Crippen LogP contribution in [0.4, 0.5) is 4.79 Å². The van der Waals surface area contributed by atoms with Crippen LogP contribution >= 0.6 is 0 Å². The molecule has 0 atom stereocenters. The van der Waals surface area contributed by atoms with E-state index in [9.17, 15) is 4.79 Å². The molecule has 0 unspecified atom stereocenters. The first kappa shape index (κ1) is 9.85. The van der Waals surface area contributed by atoms with Crippen molar-refractivity contribution >= 4 is 6.09 Å². The summed E-state index contributed by atoms with van der Waals surface area (Å²) in [5.74, 6) is 0.271. The van der Waals surface area contributed by atoms with Crippen LogP contribution < -0.4 is 10.5 Å². The van der Waals surface area contributed by atoms with Gasteiger partial charge in [0.15, 0.2) is 0 Å². The van der Waals surface area contributed by atoms with E-state index in [0.29, 0.717) is 13.1 Å². The van der Waals surface area contributed by atoms with Crippen LogP contribution in [0.3, 0.4) is 0 Å². The minimum Gasteiger partial charge on any atom is -0.391 e.